The van der Waals surface area contributed by atoms with Crippen LogP contribution in [-0.2, 0) is 0 Å². The van der Waals surface area contributed by atoms with Gasteiger partial charge in [0.1, 0.15) is 17.5 Å². The lowest BCUT2D eigenvalue weighted by molar-refractivity contribution is -0.0886. The van der Waals surface area contributed by atoms with Gasteiger partial charge in [0.15, 0.2) is 0 Å². The van der Waals surface area contributed by atoms with Crippen molar-refractivity contribution < 1.29 is 27.8 Å². The van der Waals surface area contributed by atoms with Gasteiger partial charge in [-0.25, -0.2) is 0 Å². The highest BCUT2D eigenvalue weighted by molar-refractivity contribution is 6.00. The minimum atomic E-state index is -5.03. The van der Waals surface area contributed by atoms with E-state index < -0.39 is 40.8 Å². The smallest absolute Gasteiger partial charge is 0.454 e. The number of fused-ring (bicyclic) bond motifs is 1. The van der Waals surface area contributed by atoms with Crippen LogP contribution >= 0.6 is 0 Å². The van der Waals surface area contributed by atoms with Gasteiger partial charge in [-0.05, 0) is 38.1 Å². The second-order valence-corrected chi connectivity index (χ2v) is 6.62. The molecule has 1 aromatic heterocycles. The Morgan fingerprint density at radius 2 is 1.92 bits per heavy atom. The molecule has 1 N–H and O–H groups in total. The van der Waals surface area contributed by atoms with Crippen LogP contribution in [0, 0.1) is 0 Å². The second-order valence-electron chi connectivity index (χ2n) is 6.62. The van der Waals surface area contributed by atoms with Gasteiger partial charge in [0, 0.05) is 23.4 Å². The van der Waals surface area contributed by atoms with Crippen LogP contribution in [0.15, 0.2) is 47.4 Å². The molecule has 5 nitrogen and oxygen atoms in total. The van der Waals surface area contributed by atoms with E-state index in [1.807, 2.05) is 0 Å². The summed E-state index contributed by atoms with van der Waals surface area (Å²) in [6, 6.07) is 6.66. The number of Topliss-reactive ketones (excluding diaryl/α,β-unsaturated/α-hetero) is 1. The lowest BCUT2D eigenvalue weighted by Crippen LogP contribution is -2.52. The van der Waals surface area contributed by atoms with Crippen molar-refractivity contribution in [1.29, 1.82) is 0 Å². The van der Waals surface area contributed by atoms with Crippen molar-refractivity contribution in [2.45, 2.75) is 37.8 Å². The van der Waals surface area contributed by atoms with E-state index in [4.69, 9.17) is 4.74 Å². The predicted octanol–water partition coefficient (Wildman–Crippen LogP) is 2.71. The lowest BCUT2D eigenvalue weighted by atomic mass is 9.85. The fraction of sp³-hybridized carbons (Fsp3) is 0.333. The maximum absolute atomic E-state index is 12.8. The van der Waals surface area contributed by atoms with Crippen molar-refractivity contribution in [2.75, 3.05) is 0 Å². The van der Waals surface area contributed by atoms with Gasteiger partial charge in [-0.2, -0.15) is 13.2 Å². The standard InChI is InChI=1S/C18H16F3NO4/c1-17(2)16(25)14(22-8-4-3-5-13(22)23)11-9-10(6-7-12(11)26-17)15(24)18(19,20)21/h3-9,14,16,25H,1-2H3/t14-,16+/m0/s1. The fourth-order valence-electron chi connectivity index (χ4n) is 3.04. The number of hydrogen-bond donors (Lipinski definition) is 1. The van der Waals surface area contributed by atoms with Crippen molar-refractivity contribution in [1.82, 2.24) is 4.57 Å². The van der Waals surface area contributed by atoms with Gasteiger partial charge in [0.05, 0.1) is 6.04 Å². The normalized spacial score (nSPS) is 21.6. The quantitative estimate of drug-likeness (QED) is 0.829. The molecule has 0 spiro atoms. The molecule has 3 rings (SSSR count). The third kappa shape index (κ3) is 3.01. The Morgan fingerprint density at radius 1 is 1.23 bits per heavy atom. The zero-order chi connectivity index (χ0) is 19.3. The maximum atomic E-state index is 12.8. The number of pyridine rings is 1. The zero-order valence-corrected chi connectivity index (χ0v) is 13.9. The SMILES string of the molecule is CC1(C)Oc2ccc(C(=O)C(F)(F)F)cc2[C@H](n2ccccc2=O)[C@H]1O. The van der Waals surface area contributed by atoms with E-state index >= 15 is 0 Å². The first-order valence-electron chi connectivity index (χ1n) is 7.82. The Bertz CT molecular complexity index is 917. The number of aliphatic hydroxyl groups is 1. The highest BCUT2D eigenvalue weighted by atomic mass is 19.4. The maximum Gasteiger partial charge on any atom is 0.454 e. The summed E-state index contributed by atoms with van der Waals surface area (Å²) >= 11 is 0. The molecule has 1 aromatic carbocycles. The second kappa shape index (κ2) is 5.98. The molecule has 2 aromatic rings. The number of alkyl halides is 3. The summed E-state index contributed by atoms with van der Waals surface area (Å²) in [7, 11) is 0. The zero-order valence-electron chi connectivity index (χ0n) is 13.9. The van der Waals surface area contributed by atoms with E-state index in [9.17, 15) is 27.9 Å². The Labute approximate surface area is 146 Å². The number of aromatic nitrogens is 1. The highest BCUT2D eigenvalue weighted by Gasteiger charge is 2.45. The van der Waals surface area contributed by atoms with E-state index in [1.54, 1.807) is 19.9 Å². The number of carbonyl (C=O) groups excluding carboxylic acids is 1. The Balaban J connectivity index is 2.21. The molecule has 0 saturated carbocycles. The van der Waals surface area contributed by atoms with Gasteiger partial charge >= 0.3 is 6.18 Å². The van der Waals surface area contributed by atoms with E-state index in [0.717, 1.165) is 12.1 Å². The third-order valence-corrected chi connectivity index (χ3v) is 4.38. The van der Waals surface area contributed by atoms with Crippen LogP contribution in [-0.4, -0.2) is 33.3 Å². The fourth-order valence-corrected chi connectivity index (χ4v) is 3.04. The van der Waals surface area contributed by atoms with Crippen LogP contribution in [0.2, 0.25) is 0 Å². The van der Waals surface area contributed by atoms with Gasteiger partial charge in [0.25, 0.3) is 11.3 Å². The predicted molar refractivity (Wildman–Crippen MR) is 86.4 cm³/mol. The van der Waals surface area contributed by atoms with Crippen molar-refractivity contribution in [2.24, 2.45) is 0 Å². The molecule has 26 heavy (non-hydrogen) atoms. The number of ketones is 1. The lowest BCUT2D eigenvalue weighted by Gasteiger charge is -2.42. The van der Waals surface area contributed by atoms with Crippen LogP contribution in [0.4, 0.5) is 13.2 Å². The largest absolute Gasteiger partial charge is 0.485 e. The minimum Gasteiger partial charge on any atom is -0.485 e. The minimum absolute atomic E-state index is 0.139. The first-order valence-corrected chi connectivity index (χ1v) is 7.82. The molecule has 0 saturated heterocycles. The molecule has 1 aliphatic heterocycles. The Hall–Kier alpha value is -2.61. The van der Waals surface area contributed by atoms with Crippen LogP contribution in [0.25, 0.3) is 0 Å². The molecule has 0 amide bonds. The van der Waals surface area contributed by atoms with E-state index in [1.165, 1.54) is 29.0 Å². The van der Waals surface area contributed by atoms with Crippen molar-refractivity contribution in [3.8, 4) is 5.75 Å². The first-order chi connectivity index (χ1) is 12.0. The highest BCUT2D eigenvalue weighted by Crippen LogP contribution is 2.42. The molecule has 138 valence electrons. The number of carbonyl (C=O) groups is 1. The first kappa shape index (κ1) is 18.2. The number of rotatable bonds is 2. The van der Waals surface area contributed by atoms with Gasteiger partial charge in [-0.1, -0.05) is 6.07 Å². The van der Waals surface area contributed by atoms with Crippen molar-refractivity contribution in [3.63, 3.8) is 0 Å². The molecule has 0 aliphatic carbocycles. The summed E-state index contributed by atoms with van der Waals surface area (Å²) in [5.74, 6) is -1.79. The summed E-state index contributed by atoms with van der Waals surface area (Å²) < 4.78 is 45.2. The van der Waals surface area contributed by atoms with Crippen LogP contribution in [0.3, 0.4) is 0 Å². The number of aliphatic hydroxyl groups excluding tert-OH is 1. The molecule has 2 atom stereocenters. The molecule has 8 heteroatoms. The van der Waals surface area contributed by atoms with E-state index in [-0.39, 0.29) is 11.3 Å². The molecule has 0 radical (unpaired) electrons. The van der Waals surface area contributed by atoms with E-state index in [0.29, 0.717) is 0 Å². The number of benzene rings is 1. The summed E-state index contributed by atoms with van der Waals surface area (Å²) in [6.07, 6.45) is -4.83. The van der Waals surface area contributed by atoms with Crippen molar-refractivity contribution in [3.05, 3.63) is 64.1 Å². The van der Waals surface area contributed by atoms with E-state index in [2.05, 4.69) is 0 Å². The summed E-state index contributed by atoms with van der Waals surface area (Å²) in [5, 5.41) is 10.7. The number of ether oxygens (including phenoxy) is 1. The third-order valence-electron chi connectivity index (χ3n) is 4.38. The molecular weight excluding hydrogens is 351 g/mol. The van der Waals surface area contributed by atoms with Gasteiger partial charge in [-0.3, -0.25) is 9.59 Å². The summed E-state index contributed by atoms with van der Waals surface area (Å²) in [5.41, 5.74) is -1.98. The monoisotopic (exact) mass is 367 g/mol. The summed E-state index contributed by atoms with van der Waals surface area (Å²) in [6.45, 7) is 3.22. The number of hydrogen-bond acceptors (Lipinski definition) is 4. The average molecular weight is 367 g/mol. The molecular formula is C18H16F3NO4. The molecule has 2 heterocycles. The van der Waals surface area contributed by atoms with Gasteiger partial charge in [-0.15, -0.1) is 0 Å². The van der Waals surface area contributed by atoms with Crippen LogP contribution in [0.5, 0.6) is 5.75 Å². The molecule has 1 aliphatic rings. The topological polar surface area (TPSA) is 68.5 Å². The van der Waals surface area contributed by atoms with Crippen LogP contribution < -0.4 is 10.3 Å². The Morgan fingerprint density at radius 3 is 2.54 bits per heavy atom. The van der Waals surface area contributed by atoms with Gasteiger partial charge in [0.2, 0.25) is 0 Å². The van der Waals surface area contributed by atoms with Crippen molar-refractivity contribution >= 4 is 5.78 Å². The Kier molecular flexibility index (Phi) is 4.18. The summed E-state index contributed by atoms with van der Waals surface area (Å²) in [4.78, 5) is 23.8. The molecule has 0 unspecified atom stereocenters. The van der Waals surface area contributed by atoms with Crippen LogP contribution in [0.1, 0.15) is 35.8 Å². The molecule has 0 bridgehead atoms. The number of halogens is 3. The van der Waals surface area contributed by atoms with Gasteiger partial charge < -0.3 is 14.4 Å². The number of nitrogens with zero attached hydrogens (tertiary/aromatic N) is 1. The molecule has 0 fully saturated rings. The average Bonchev–Trinajstić information content (AvgIpc) is 2.55.